The lowest BCUT2D eigenvalue weighted by molar-refractivity contribution is 0.309. The average molecular weight is 242 g/mol. The highest BCUT2D eigenvalue weighted by Gasteiger charge is 2.00. The van der Waals surface area contributed by atoms with Gasteiger partial charge in [-0.25, -0.2) is 0 Å². The van der Waals surface area contributed by atoms with E-state index in [1.807, 2.05) is 25.1 Å². The van der Waals surface area contributed by atoms with Gasteiger partial charge >= 0.3 is 0 Å². The summed E-state index contributed by atoms with van der Waals surface area (Å²) in [7, 11) is 0. The van der Waals surface area contributed by atoms with Crippen molar-refractivity contribution < 1.29 is 4.74 Å². The molecular formula is C13H20ClNO. The van der Waals surface area contributed by atoms with E-state index in [0.29, 0.717) is 12.5 Å². The van der Waals surface area contributed by atoms with Crippen molar-refractivity contribution in [2.24, 2.45) is 5.92 Å². The summed E-state index contributed by atoms with van der Waals surface area (Å²) in [6.07, 6.45) is 0. The first-order chi connectivity index (χ1) is 7.59. The van der Waals surface area contributed by atoms with Crippen LogP contribution in [0.1, 0.15) is 19.4 Å². The number of hydrogen-bond acceptors (Lipinski definition) is 2. The molecular weight excluding hydrogens is 222 g/mol. The van der Waals surface area contributed by atoms with Gasteiger partial charge in [0.1, 0.15) is 12.4 Å². The molecule has 1 aromatic rings. The monoisotopic (exact) mass is 241 g/mol. The summed E-state index contributed by atoms with van der Waals surface area (Å²) >= 11 is 5.90. The zero-order chi connectivity index (χ0) is 12.0. The third-order valence-electron chi connectivity index (χ3n) is 2.24. The highest BCUT2D eigenvalue weighted by molar-refractivity contribution is 6.30. The van der Waals surface area contributed by atoms with Crippen LogP contribution in [-0.2, 0) is 0 Å². The van der Waals surface area contributed by atoms with Crippen LogP contribution in [0.5, 0.6) is 5.75 Å². The highest BCUT2D eigenvalue weighted by atomic mass is 35.5. The summed E-state index contributed by atoms with van der Waals surface area (Å²) in [5.41, 5.74) is 1.12. The lowest BCUT2D eigenvalue weighted by atomic mass is 10.2. The molecule has 0 aromatic heterocycles. The summed E-state index contributed by atoms with van der Waals surface area (Å²) < 4.78 is 5.65. The predicted octanol–water partition coefficient (Wildman–Crippen LogP) is 3.27. The van der Waals surface area contributed by atoms with Crippen LogP contribution in [0.4, 0.5) is 0 Å². The Kier molecular flexibility index (Phi) is 5.64. The summed E-state index contributed by atoms with van der Waals surface area (Å²) in [6.45, 7) is 8.97. The van der Waals surface area contributed by atoms with E-state index in [4.69, 9.17) is 16.3 Å². The minimum Gasteiger partial charge on any atom is -0.492 e. The summed E-state index contributed by atoms with van der Waals surface area (Å²) in [5.74, 6) is 1.55. The van der Waals surface area contributed by atoms with E-state index in [1.54, 1.807) is 0 Å². The molecule has 3 heteroatoms. The molecule has 0 bridgehead atoms. The van der Waals surface area contributed by atoms with Gasteiger partial charge in [0.15, 0.2) is 0 Å². The van der Waals surface area contributed by atoms with E-state index in [2.05, 4.69) is 19.2 Å². The summed E-state index contributed by atoms with van der Waals surface area (Å²) in [5, 5.41) is 4.05. The van der Waals surface area contributed by atoms with Crippen LogP contribution < -0.4 is 10.1 Å². The van der Waals surface area contributed by atoms with Crippen molar-refractivity contribution in [3.8, 4) is 5.75 Å². The molecule has 0 amide bonds. The SMILES string of the molecule is Cc1ccc(Cl)cc1OCCNCC(C)C. The predicted molar refractivity (Wildman–Crippen MR) is 69.4 cm³/mol. The fourth-order valence-corrected chi connectivity index (χ4v) is 1.52. The molecule has 0 aliphatic carbocycles. The molecule has 0 saturated carbocycles. The van der Waals surface area contributed by atoms with Crippen molar-refractivity contribution in [2.45, 2.75) is 20.8 Å². The fourth-order valence-electron chi connectivity index (χ4n) is 1.35. The maximum Gasteiger partial charge on any atom is 0.123 e. The number of nitrogens with one attached hydrogen (secondary N) is 1. The minimum atomic E-state index is 0.674. The molecule has 0 radical (unpaired) electrons. The van der Waals surface area contributed by atoms with Crippen molar-refractivity contribution in [3.05, 3.63) is 28.8 Å². The Morgan fingerprint density at radius 3 is 2.81 bits per heavy atom. The van der Waals surface area contributed by atoms with E-state index < -0.39 is 0 Å². The average Bonchev–Trinajstić information content (AvgIpc) is 2.22. The van der Waals surface area contributed by atoms with Gasteiger partial charge in [-0.1, -0.05) is 31.5 Å². The largest absolute Gasteiger partial charge is 0.492 e. The van der Waals surface area contributed by atoms with Crippen LogP contribution in [0, 0.1) is 12.8 Å². The minimum absolute atomic E-state index is 0.674. The third kappa shape index (κ3) is 4.86. The molecule has 0 atom stereocenters. The molecule has 90 valence electrons. The van der Waals surface area contributed by atoms with Gasteiger partial charge in [0.25, 0.3) is 0 Å². The van der Waals surface area contributed by atoms with E-state index in [-0.39, 0.29) is 0 Å². The van der Waals surface area contributed by atoms with Gasteiger partial charge < -0.3 is 10.1 Å². The fraction of sp³-hybridized carbons (Fsp3) is 0.538. The maximum absolute atomic E-state index is 5.90. The van der Waals surface area contributed by atoms with Crippen LogP contribution in [0.3, 0.4) is 0 Å². The molecule has 0 saturated heterocycles. The van der Waals surface area contributed by atoms with E-state index in [0.717, 1.165) is 29.4 Å². The second-order valence-corrected chi connectivity index (χ2v) is 4.79. The molecule has 1 aromatic carbocycles. The van der Waals surface area contributed by atoms with Crippen LogP contribution in [0.2, 0.25) is 5.02 Å². The van der Waals surface area contributed by atoms with E-state index >= 15 is 0 Å². The second kappa shape index (κ2) is 6.77. The number of ether oxygens (including phenoxy) is 1. The Morgan fingerprint density at radius 2 is 2.12 bits per heavy atom. The first-order valence-electron chi connectivity index (χ1n) is 5.69. The van der Waals surface area contributed by atoms with Gasteiger partial charge in [-0.05, 0) is 37.1 Å². The smallest absolute Gasteiger partial charge is 0.123 e. The standard InChI is InChI=1S/C13H20ClNO/c1-10(2)9-15-6-7-16-13-8-12(14)5-4-11(13)3/h4-5,8,10,15H,6-7,9H2,1-3H3. The zero-order valence-corrected chi connectivity index (χ0v) is 11.0. The molecule has 1 rings (SSSR count). The zero-order valence-electron chi connectivity index (χ0n) is 10.2. The topological polar surface area (TPSA) is 21.3 Å². The molecule has 0 heterocycles. The number of halogens is 1. The van der Waals surface area contributed by atoms with Crippen molar-refractivity contribution in [2.75, 3.05) is 19.7 Å². The molecule has 0 unspecified atom stereocenters. The number of hydrogen-bond donors (Lipinski definition) is 1. The van der Waals surface area contributed by atoms with Crippen molar-refractivity contribution in [1.82, 2.24) is 5.32 Å². The quantitative estimate of drug-likeness (QED) is 0.772. The lowest BCUT2D eigenvalue weighted by Crippen LogP contribution is -2.25. The van der Waals surface area contributed by atoms with Gasteiger partial charge in [-0.3, -0.25) is 0 Å². The Balaban J connectivity index is 2.29. The molecule has 2 nitrogen and oxygen atoms in total. The van der Waals surface area contributed by atoms with Crippen molar-refractivity contribution in [3.63, 3.8) is 0 Å². The summed E-state index contributed by atoms with van der Waals surface area (Å²) in [4.78, 5) is 0. The van der Waals surface area contributed by atoms with Crippen LogP contribution in [-0.4, -0.2) is 19.7 Å². The van der Waals surface area contributed by atoms with Gasteiger partial charge in [-0.15, -0.1) is 0 Å². The number of benzene rings is 1. The van der Waals surface area contributed by atoms with E-state index in [9.17, 15) is 0 Å². The van der Waals surface area contributed by atoms with Crippen LogP contribution in [0.15, 0.2) is 18.2 Å². The Hall–Kier alpha value is -0.730. The molecule has 0 spiro atoms. The first kappa shape index (κ1) is 13.3. The third-order valence-corrected chi connectivity index (χ3v) is 2.47. The molecule has 0 aliphatic heterocycles. The Bertz CT molecular complexity index is 326. The Morgan fingerprint density at radius 1 is 1.38 bits per heavy atom. The van der Waals surface area contributed by atoms with Crippen LogP contribution >= 0.6 is 11.6 Å². The van der Waals surface area contributed by atoms with Gasteiger partial charge in [0.05, 0.1) is 0 Å². The van der Waals surface area contributed by atoms with Gasteiger partial charge in [0.2, 0.25) is 0 Å². The van der Waals surface area contributed by atoms with Gasteiger partial charge in [0, 0.05) is 11.6 Å². The molecule has 1 N–H and O–H groups in total. The maximum atomic E-state index is 5.90. The molecule has 0 fully saturated rings. The van der Waals surface area contributed by atoms with Crippen molar-refractivity contribution in [1.29, 1.82) is 0 Å². The molecule has 16 heavy (non-hydrogen) atoms. The number of rotatable bonds is 6. The lowest BCUT2D eigenvalue weighted by Gasteiger charge is -2.11. The molecule has 0 aliphatic rings. The van der Waals surface area contributed by atoms with Crippen molar-refractivity contribution >= 4 is 11.6 Å². The normalized spacial score (nSPS) is 10.8. The summed E-state index contributed by atoms with van der Waals surface area (Å²) in [6, 6.07) is 5.71. The number of aryl methyl sites for hydroxylation is 1. The Labute approximate surface area is 103 Å². The highest BCUT2D eigenvalue weighted by Crippen LogP contribution is 2.22. The van der Waals surface area contributed by atoms with E-state index in [1.165, 1.54) is 0 Å². The second-order valence-electron chi connectivity index (χ2n) is 4.36. The van der Waals surface area contributed by atoms with Crippen LogP contribution in [0.25, 0.3) is 0 Å². The van der Waals surface area contributed by atoms with Gasteiger partial charge in [-0.2, -0.15) is 0 Å². The first-order valence-corrected chi connectivity index (χ1v) is 6.07.